The zero-order valence-electron chi connectivity index (χ0n) is 14.8. The number of methoxy groups -OCH3 is 2. The van der Waals surface area contributed by atoms with Crippen molar-refractivity contribution in [3.05, 3.63) is 53.1 Å². The highest BCUT2D eigenvalue weighted by Gasteiger charge is 2.15. The third kappa shape index (κ3) is 4.73. The highest BCUT2D eigenvalue weighted by molar-refractivity contribution is 6.39. The number of ether oxygens (including phenoxy) is 2. The number of anilines is 1. The molecule has 2 N–H and O–H groups in total. The van der Waals surface area contributed by atoms with Crippen LogP contribution in [0.1, 0.15) is 16.7 Å². The summed E-state index contributed by atoms with van der Waals surface area (Å²) in [5.41, 5.74) is 3.33. The Morgan fingerprint density at radius 1 is 0.920 bits per heavy atom. The van der Waals surface area contributed by atoms with E-state index in [0.29, 0.717) is 17.2 Å². The fourth-order valence-electron chi connectivity index (χ4n) is 2.30. The lowest BCUT2D eigenvalue weighted by molar-refractivity contribution is -0.136. The Bertz CT molecular complexity index is 787. The van der Waals surface area contributed by atoms with Gasteiger partial charge < -0.3 is 20.1 Å². The Morgan fingerprint density at radius 2 is 1.64 bits per heavy atom. The van der Waals surface area contributed by atoms with Crippen LogP contribution in [-0.2, 0) is 16.1 Å². The van der Waals surface area contributed by atoms with Crippen LogP contribution in [0.15, 0.2) is 36.4 Å². The normalized spacial score (nSPS) is 10.1. The van der Waals surface area contributed by atoms with E-state index in [4.69, 9.17) is 9.47 Å². The third-order valence-electron chi connectivity index (χ3n) is 3.75. The van der Waals surface area contributed by atoms with Crippen molar-refractivity contribution in [1.29, 1.82) is 0 Å². The van der Waals surface area contributed by atoms with Gasteiger partial charge in [0.05, 0.1) is 14.2 Å². The average Bonchev–Trinajstić information content (AvgIpc) is 2.62. The zero-order chi connectivity index (χ0) is 18.4. The minimum atomic E-state index is -0.700. The first kappa shape index (κ1) is 18.3. The Morgan fingerprint density at radius 3 is 2.32 bits per heavy atom. The summed E-state index contributed by atoms with van der Waals surface area (Å²) >= 11 is 0. The molecule has 0 aromatic heterocycles. The molecule has 6 nitrogen and oxygen atoms in total. The first-order valence-corrected chi connectivity index (χ1v) is 7.82. The maximum Gasteiger partial charge on any atom is 0.313 e. The van der Waals surface area contributed by atoms with Crippen LogP contribution in [-0.4, -0.2) is 26.0 Å². The molecule has 0 heterocycles. The molecule has 0 radical (unpaired) electrons. The molecule has 0 aliphatic carbocycles. The first-order valence-electron chi connectivity index (χ1n) is 7.82. The summed E-state index contributed by atoms with van der Waals surface area (Å²) in [5, 5.41) is 5.23. The Labute approximate surface area is 147 Å². The molecule has 132 valence electrons. The largest absolute Gasteiger partial charge is 0.493 e. The van der Waals surface area contributed by atoms with Gasteiger partial charge in [-0.1, -0.05) is 18.2 Å². The van der Waals surface area contributed by atoms with E-state index in [1.165, 1.54) is 7.11 Å². The quantitative estimate of drug-likeness (QED) is 0.819. The van der Waals surface area contributed by atoms with Gasteiger partial charge in [-0.15, -0.1) is 0 Å². The van der Waals surface area contributed by atoms with Gasteiger partial charge in [-0.25, -0.2) is 0 Å². The van der Waals surface area contributed by atoms with Crippen LogP contribution in [0.25, 0.3) is 0 Å². The molecule has 2 aromatic carbocycles. The first-order chi connectivity index (χ1) is 11.9. The Hall–Kier alpha value is -3.02. The average molecular weight is 342 g/mol. The molecule has 6 heteroatoms. The van der Waals surface area contributed by atoms with E-state index in [1.807, 2.05) is 32.0 Å². The van der Waals surface area contributed by atoms with Crippen LogP contribution in [0.5, 0.6) is 11.5 Å². The smallest absolute Gasteiger partial charge is 0.313 e. The molecule has 0 fully saturated rings. The highest BCUT2D eigenvalue weighted by Crippen LogP contribution is 2.27. The number of benzene rings is 2. The molecular formula is C19H22N2O4. The second-order valence-electron chi connectivity index (χ2n) is 5.64. The molecule has 0 saturated carbocycles. The highest BCUT2D eigenvalue weighted by atomic mass is 16.5. The van der Waals surface area contributed by atoms with Crippen LogP contribution >= 0.6 is 0 Å². The predicted molar refractivity (Wildman–Crippen MR) is 95.9 cm³/mol. The van der Waals surface area contributed by atoms with E-state index in [0.717, 1.165) is 16.7 Å². The monoisotopic (exact) mass is 342 g/mol. The van der Waals surface area contributed by atoms with E-state index in [2.05, 4.69) is 10.6 Å². The zero-order valence-corrected chi connectivity index (χ0v) is 14.8. The van der Waals surface area contributed by atoms with E-state index in [-0.39, 0.29) is 6.54 Å². The van der Waals surface area contributed by atoms with Crippen LogP contribution in [0.2, 0.25) is 0 Å². The molecular weight excluding hydrogens is 320 g/mol. The molecule has 2 amide bonds. The molecule has 0 aliphatic heterocycles. The summed E-state index contributed by atoms with van der Waals surface area (Å²) in [7, 11) is 3.09. The van der Waals surface area contributed by atoms with Gasteiger partial charge in [-0.3, -0.25) is 9.59 Å². The van der Waals surface area contributed by atoms with Crippen LogP contribution in [0, 0.1) is 13.8 Å². The van der Waals surface area contributed by atoms with E-state index in [1.54, 1.807) is 25.3 Å². The molecule has 2 rings (SSSR count). The lowest BCUT2D eigenvalue weighted by Crippen LogP contribution is -2.35. The van der Waals surface area contributed by atoms with E-state index >= 15 is 0 Å². The van der Waals surface area contributed by atoms with Crippen LogP contribution < -0.4 is 20.1 Å². The van der Waals surface area contributed by atoms with Crippen molar-refractivity contribution in [2.45, 2.75) is 20.4 Å². The third-order valence-corrected chi connectivity index (χ3v) is 3.75. The van der Waals surface area contributed by atoms with Gasteiger partial charge in [0.2, 0.25) is 0 Å². The van der Waals surface area contributed by atoms with Gasteiger partial charge in [0.15, 0.2) is 11.5 Å². The number of aryl methyl sites for hydroxylation is 2. The van der Waals surface area contributed by atoms with Crippen molar-refractivity contribution in [2.75, 3.05) is 19.5 Å². The number of nitrogens with one attached hydrogen (secondary N) is 2. The Kier molecular flexibility index (Phi) is 6.00. The molecule has 0 saturated heterocycles. The summed E-state index contributed by atoms with van der Waals surface area (Å²) in [4.78, 5) is 24.1. The number of hydrogen-bond donors (Lipinski definition) is 2. The number of amides is 2. The SMILES string of the molecule is COc1ccc(CNC(=O)C(=O)Nc2cc(C)ccc2C)cc1OC. The minimum absolute atomic E-state index is 0.208. The topological polar surface area (TPSA) is 76.7 Å². The van der Waals surface area contributed by atoms with Crippen molar-refractivity contribution in [1.82, 2.24) is 5.32 Å². The molecule has 25 heavy (non-hydrogen) atoms. The molecule has 2 aromatic rings. The van der Waals surface area contributed by atoms with Crippen LogP contribution in [0.3, 0.4) is 0 Å². The van der Waals surface area contributed by atoms with Crippen molar-refractivity contribution in [3.63, 3.8) is 0 Å². The summed E-state index contributed by atoms with van der Waals surface area (Å²) in [6.45, 7) is 4.00. The maximum absolute atomic E-state index is 12.1. The summed E-state index contributed by atoms with van der Waals surface area (Å²) in [6.07, 6.45) is 0. The number of carbonyl (C=O) groups is 2. The molecule has 0 bridgehead atoms. The van der Waals surface area contributed by atoms with Crippen molar-refractivity contribution in [3.8, 4) is 11.5 Å². The van der Waals surface area contributed by atoms with Crippen LogP contribution in [0.4, 0.5) is 5.69 Å². The second-order valence-corrected chi connectivity index (χ2v) is 5.64. The van der Waals surface area contributed by atoms with Gasteiger partial charge in [0.25, 0.3) is 0 Å². The fraction of sp³-hybridized carbons (Fsp3) is 0.263. The summed E-state index contributed by atoms with van der Waals surface area (Å²) in [5.74, 6) is -0.232. The van der Waals surface area contributed by atoms with Gasteiger partial charge in [-0.05, 0) is 48.7 Å². The number of carbonyl (C=O) groups excluding carboxylic acids is 2. The van der Waals surface area contributed by atoms with Gasteiger partial charge in [-0.2, -0.15) is 0 Å². The maximum atomic E-state index is 12.1. The van der Waals surface area contributed by atoms with Gasteiger partial charge >= 0.3 is 11.8 Å². The minimum Gasteiger partial charge on any atom is -0.493 e. The second kappa shape index (κ2) is 8.19. The lowest BCUT2D eigenvalue weighted by atomic mass is 10.1. The van der Waals surface area contributed by atoms with Crippen molar-refractivity contribution in [2.24, 2.45) is 0 Å². The fourth-order valence-corrected chi connectivity index (χ4v) is 2.30. The summed E-state index contributed by atoms with van der Waals surface area (Å²) in [6, 6.07) is 11.0. The van der Waals surface area contributed by atoms with E-state index < -0.39 is 11.8 Å². The molecule has 0 atom stereocenters. The number of hydrogen-bond acceptors (Lipinski definition) is 4. The number of rotatable bonds is 5. The van der Waals surface area contributed by atoms with Gasteiger partial charge in [0.1, 0.15) is 0 Å². The summed E-state index contributed by atoms with van der Waals surface area (Å²) < 4.78 is 10.4. The lowest BCUT2D eigenvalue weighted by Gasteiger charge is -2.11. The molecule has 0 aliphatic rings. The van der Waals surface area contributed by atoms with Crippen molar-refractivity contribution < 1.29 is 19.1 Å². The molecule has 0 spiro atoms. The molecule has 0 unspecified atom stereocenters. The van der Waals surface area contributed by atoms with Gasteiger partial charge in [0, 0.05) is 12.2 Å². The predicted octanol–water partition coefficient (Wildman–Crippen LogP) is 2.58. The van der Waals surface area contributed by atoms with E-state index in [9.17, 15) is 9.59 Å². The van der Waals surface area contributed by atoms with Crippen molar-refractivity contribution >= 4 is 17.5 Å². The standard InChI is InChI=1S/C19H22N2O4/c1-12-5-6-13(2)15(9-12)21-19(23)18(22)20-11-14-7-8-16(24-3)17(10-14)25-4/h5-10H,11H2,1-4H3,(H,20,22)(H,21,23). The Balaban J connectivity index is 1.97.